The molecule has 2 aromatic carbocycles. The first-order valence-electron chi connectivity index (χ1n) is 8.61. The first-order chi connectivity index (χ1) is 11.9. The third kappa shape index (κ3) is 65.4. The summed E-state index contributed by atoms with van der Waals surface area (Å²) in [7, 11) is -0.528. The van der Waals surface area contributed by atoms with Gasteiger partial charge in [0.15, 0.2) is 8.32 Å². The molecule has 0 aliphatic rings. The predicted octanol–water partition coefficient (Wildman–Crippen LogP) is 8.10. The summed E-state index contributed by atoms with van der Waals surface area (Å²) in [5.41, 5.74) is 6.69. The van der Waals surface area contributed by atoms with Gasteiger partial charge >= 0.3 is 24.8 Å². The van der Waals surface area contributed by atoms with Gasteiger partial charge in [-0.25, -0.2) is 0 Å². The van der Waals surface area contributed by atoms with Crippen molar-refractivity contribution in [3.63, 3.8) is 0 Å². The van der Waals surface area contributed by atoms with E-state index in [1.807, 2.05) is 40.4 Å². The Bertz CT molecular complexity index is 459. The molecule has 2 nitrogen and oxygen atoms in total. The van der Waals surface area contributed by atoms with Gasteiger partial charge in [0.1, 0.15) is 0 Å². The fraction of sp³-hybridized carbons (Fsp3) is 0.455. The van der Waals surface area contributed by atoms with Gasteiger partial charge in [0, 0.05) is 9.52 Å². The molecule has 0 saturated carbocycles. The summed E-state index contributed by atoms with van der Waals surface area (Å²) in [6, 6.07) is 14.7. The summed E-state index contributed by atoms with van der Waals surface area (Å²) >= 11 is 1.75. The molecule has 0 atom stereocenters. The number of fused-ring (bicyclic) bond motifs is 1. The summed E-state index contributed by atoms with van der Waals surface area (Å²) in [5, 5.41) is 2.66. The zero-order valence-electron chi connectivity index (χ0n) is 20.2. The van der Waals surface area contributed by atoms with Gasteiger partial charge < -0.3 is 24.9 Å². The van der Waals surface area contributed by atoms with E-state index in [9.17, 15) is 0 Å². The van der Waals surface area contributed by atoms with Crippen LogP contribution in [0.2, 0.25) is 32.7 Å². The van der Waals surface area contributed by atoms with E-state index in [1.54, 1.807) is 26.9 Å². The van der Waals surface area contributed by atoms with E-state index in [-0.39, 0.29) is 37.8 Å². The quantitative estimate of drug-likeness (QED) is 0.280. The van der Waals surface area contributed by atoms with Crippen LogP contribution in [-0.4, -0.2) is 33.0 Å². The molecule has 0 amide bonds. The van der Waals surface area contributed by atoms with Crippen molar-refractivity contribution >= 4 is 58.2 Å². The summed E-state index contributed by atoms with van der Waals surface area (Å²) in [6.45, 7) is 20.5. The molecule has 0 spiro atoms. The van der Waals surface area contributed by atoms with Gasteiger partial charge in [-0.1, -0.05) is 39.9 Å². The first-order valence-corrected chi connectivity index (χ1v) is 15.2. The van der Waals surface area contributed by atoms with Crippen molar-refractivity contribution in [2.75, 3.05) is 0 Å². The van der Waals surface area contributed by atoms with E-state index in [1.165, 1.54) is 10.8 Å². The molecular formula is C22H45Cl2NOSi2Ti-4. The van der Waals surface area contributed by atoms with Crippen molar-refractivity contribution in [1.29, 1.82) is 0 Å². The Morgan fingerprint density at radius 2 is 1.31 bits per heavy atom. The molecule has 7 heteroatoms. The summed E-state index contributed by atoms with van der Waals surface area (Å²) in [5.74, 6) is 0. The first kappa shape index (κ1) is 47.2. The van der Waals surface area contributed by atoms with E-state index in [0.717, 1.165) is 9.52 Å². The average molecular weight is 515 g/mol. The fourth-order valence-corrected chi connectivity index (χ4v) is 1.07. The zero-order chi connectivity index (χ0) is 21.8. The van der Waals surface area contributed by atoms with Crippen LogP contribution in [0.5, 0.6) is 0 Å². The minimum absolute atomic E-state index is 0. The van der Waals surface area contributed by atoms with Crippen LogP contribution in [0.1, 0.15) is 27.7 Å². The molecular weight excluding hydrogens is 469 g/mol. The Morgan fingerprint density at radius 1 is 1.03 bits per heavy atom. The normalized spacial score (nSPS) is 8.24. The number of rotatable bonds is 0. The number of hydrogen-bond acceptors (Lipinski definition) is 1. The fourth-order valence-electron chi connectivity index (χ4n) is 1.07. The smallest absolute Gasteiger partial charge is 0.0809 e. The Labute approximate surface area is 210 Å². The van der Waals surface area contributed by atoms with Gasteiger partial charge in [-0.2, -0.15) is 24.4 Å². The monoisotopic (exact) mass is 513 g/mol. The van der Waals surface area contributed by atoms with Gasteiger partial charge in [0.05, 0.1) is 0 Å². The molecule has 2 N–H and O–H groups in total. The molecule has 0 aromatic heterocycles. The average Bonchev–Trinajstić information content (AvgIpc) is 2.97. The van der Waals surface area contributed by atoms with Crippen molar-refractivity contribution in [2.24, 2.45) is 0 Å². The van der Waals surface area contributed by atoms with Crippen molar-refractivity contribution in [3.05, 3.63) is 62.5 Å². The predicted molar refractivity (Wildman–Crippen MR) is 146 cm³/mol. The molecule has 0 fully saturated rings. The Kier molecular flexibility index (Phi) is 49.7. The van der Waals surface area contributed by atoms with Crippen molar-refractivity contribution in [2.45, 2.75) is 66.0 Å². The third-order valence-corrected chi connectivity index (χ3v) is 1.55. The van der Waals surface area contributed by atoms with Crippen LogP contribution in [-0.2, 0) is 20.0 Å². The van der Waals surface area contributed by atoms with Gasteiger partial charge in [-0.05, 0) is 19.6 Å². The van der Waals surface area contributed by atoms with Gasteiger partial charge in [0.2, 0.25) is 0 Å². The van der Waals surface area contributed by atoms with Crippen LogP contribution in [0.4, 0.5) is 0 Å². The van der Waals surface area contributed by atoms with Gasteiger partial charge in [-0.15, -0.1) is 60.0 Å². The molecule has 2 rings (SSSR count). The van der Waals surface area contributed by atoms with Crippen molar-refractivity contribution in [3.8, 4) is 0 Å². The zero-order valence-corrected chi connectivity index (χ0v) is 25.4. The molecule has 0 bridgehead atoms. The van der Waals surface area contributed by atoms with Crippen LogP contribution >= 0.6 is 24.8 Å². The van der Waals surface area contributed by atoms with E-state index < -0.39 is 8.32 Å². The molecule has 0 saturated heterocycles. The number of nitrogens with one attached hydrogen (secondary N) is 1. The molecule has 29 heavy (non-hydrogen) atoms. The molecule has 0 aliphatic heterocycles. The Hall–Kier alpha value is 0.348. The van der Waals surface area contributed by atoms with E-state index >= 15 is 0 Å². The maximum atomic E-state index is 8.66. The largest absolute Gasteiger partial charge is 0.358 e. The molecule has 174 valence electrons. The minimum atomic E-state index is -1.61. The summed E-state index contributed by atoms with van der Waals surface area (Å²) in [4.78, 5) is 11.9. The van der Waals surface area contributed by atoms with Crippen molar-refractivity contribution < 1.29 is 24.8 Å². The van der Waals surface area contributed by atoms with Crippen LogP contribution in [0.25, 0.3) is 16.5 Å². The number of halogens is 2. The summed E-state index contributed by atoms with van der Waals surface area (Å²) in [6.07, 6.45) is 0. The van der Waals surface area contributed by atoms with Crippen LogP contribution < -0.4 is 0 Å². The van der Waals surface area contributed by atoms with Gasteiger partial charge in [-0.3, -0.25) is 0 Å². The Morgan fingerprint density at radius 3 is 1.59 bits per heavy atom. The third-order valence-electron chi connectivity index (χ3n) is 1.55. The second-order valence-electron chi connectivity index (χ2n) is 7.08. The minimum Gasteiger partial charge on any atom is -0.358 e. The van der Waals surface area contributed by atoms with E-state index in [0.29, 0.717) is 0 Å². The topological polar surface area (TPSA) is 44.0 Å². The van der Waals surface area contributed by atoms with Crippen LogP contribution in [0.15, 0.2) is 42.5 Å². The number of hydrogen-bond donors (Lipinski definition) is 1. The Balaban J connectivity index is -0.0000000433. The van der Waals surface area contributed by atoms with Crippen molar-refractivity contribution in [1.82, 2.24) is 0 Å². The standard InChI is InChI=1S/C9H7.C4H10N.C3H10OSi.C2H6Si.C2H5.CH3.CH2.2ClH.Ti/c1-2-5-9-7-3-6-8(9)4-1;1-4(2,3)5;1-5(2,3)4;1-3-2;1-2;;;;;/h1-7H;5H,1-3H3;4H,1-3H3;1-2H3;1H2,2H3;1H3;1H2;2*1H;/q2*-1;;;2*-1;;;;. The van der Waals surface area contributed by atoms with Gasteiger partial charge in [0.25, 0.3) is 0 Å². The molecule has 0 heterocycles. The second-order valence-corrected chi connectivity index (χ2v) is 12.4. The maximum absolute atomic E-state index is 8.66. The maximum Gasteiger partial charge on any atom is -0.0809 e. The van der Waals surface area contributed by atoms with E-state index in [2.05, 4.69) is 67.3 Å². The molecule has 0 unspecified atom stereocenters. The SMILES string of the molecule is CC(C)(C)[NH-].C[Si](C)(C)O.C[Si]C.Cl.Cl.[CH2-]C.[CH2]=[Ti].[CH3-].c1ccc2[cH-]ccc2c1. The summed E-state index contributed by atoms with van der Waals surface area (Å²) < 4.78 is 0. The molecule has 0 aliphatic carbocycles. The second kappa shape index (κ2) is 30.5. The van der Waals surface area contributed by atoms with Crippen LogP contribution in [0, 0.1) is 14.4 Å². The van der Waals surface area contributed by atoms with E-state index in [4.69, 9.17) is 10.5 Å². The molecule has 2 radical (unpaired) electrons. The number of benzene rings is 1. The van der Waals surface area contributed by atoms with Crippen LogP contribution in [0.3, 0.4) is 0 Å². The molecule has 2 aromatic rings.